The predicted molar refractivity (Wildman–Crippen MR) is 58.0 cm³/mol. The monoisotopic (exact) mass is 184 g/mol. The van der Waals surface area contributed by atoms with Gasteiger partial charge in [0.1, 0.15) is 0 Å². The van der Waals surface area contributed by atoms with E-state index in [1.165, 1.54) is 32.4 Å². The Labute approximate surface area is 82.7 Å². The van der Waals surface area contributed by atoms with E-state index in [9.17, 15) is 0 Å². The quantitative estimate of drug-likeness (QED) is 0.632. The molecule has 0 saturated heterocycles. The molecule has 0 bridgehead atoms. The topological polar surface area (TPSA) is 15.3 Å². The average molecular weight is 184 g/mol. The number of hydrogen-bond donors (Lipinski definition) is 1. The van der Waals surface area contributed by atoms with Gasteiger partial charge in [-0.3, -0.25) is 0 Å². The summed E-state index contributed by atoms with van der Waals surface area (Å²) < 4.78 is 0. The van der Waals surface area contributed by atoms with Crippen molar-refractivity contribution in [1.29, 1.82) is 0 Å². The van der Waals surface area contributed by atoms with Gasteiger partial charge in [-0.15, -0.1) is 0 Å². The van der Waals surface area contributed by atoms with E-state index < -0.39 is 0 Å². The van der Waals surface area contributed by atoms with E-state index in [-0.39, 0.29) is 0 Å². The summed E-state index contributed by atoms with van der Waals surface area (Å²) in [6, 6.07) is 0.672. The first-order chi connectivity index (χ1) is 6.20. The van der Waals surface area contributed by atoms with Gasteiger partial charge in [-0.1, -0.05) is 6.42 Å². The molecule has 0 amide bonds. The number of likely N-dealkylation sites (N-methyl/N-ethyl adjacent to an activating group) is 1. The smallest absolute Gasteiger partial charge is 0.0106 e. The lowest BCUT2D eigenvalue weighted by atomic mass is 9.85. The van der Waals surface area contributed by atoms with Gasteiger partial charge in [0, 0.05) is 19.1 Å². The third kappa shape index (κ3) is 4.10. The summed E-state index contributed by atoms with van der Waals surface area (Å²) in [5.74, 6) is 0.990. The van der Waals surface area contributed by atoms with E-state index in [4.69, 9.17) is 0 Å². The minimum Gasteiger partial charge on any atom is -0.315 e. The van der Waals surface area contributed by atoms with Crippen molar-refractivity contribution < 1.29 is 0 Å². The summed E-state index contributed by atoms with van der Waals surface area (Å²) in [6.45, 7) is 8.04. The Bertz CT molecular complexity index is 130. The van der Waals surface area contributed by atoms with Crippen molar-refractivity contribution in [1.82, 2.24) is 10.2 Å². The fourth-order valence-corrected chi connectivity index (χ4v) is 1.52. The van der Waals surface area contributed by atoms with Gasteiger partial charge in [-0.05, 0) is 46.2 Å². The lowest BCUT2D eigenvalue weighted by Gasteiger charge is -2.26. The SMILES string of the molecule is CC(C)N(C)CCNCC1CCC1. The summed E-state index contributed by atoms with van der Waals surface area (Å²) in [7, 11) is 2.19. The molecule has 1 saturated carbocycles. The Morgan fingerprint density at radius 3 is 2.54 bits per heavy atom. The molecular formula is C11H24N2. The highest BCUT2D eigenvalue weighted by Gasteiger charge is 2.16. The molecule has 0 atom stereocenters. The average Bonchev–Trinajstić information content (AvgIpc) is 2.00. The molecule has 0 heterocycles. The zero-order chi connectivity index (χ0) is 9.68. The largest absolute Gasteiger partial charge is 0.315 e. The maximum atomic E-state index is 3.53. The summed E-state index contributed by atoms with van der Waals surface area (Å²) in [5.41, 5.74) is 0. The maximum Gasteiger partial charge on any atom is 0.0106 e. The summed E-state index contributed by atoms with van der Waals surface area (Å²) in [5, 5.41) is 3.53. The second kappa shape index (κ2) is 5.61. The standard InChI is InChI=1S/C11H24N2/c1-10(2)13(3)8-7-12-9-11-5-4-6-11/h10-12H,4-9H2,1-3H3. The molecule has 78 valence electrons. The van der Waals surface area contributed by atoms with Crippen molar-refractivity contribution in [2.45, 2.75) is 39.2 Å². The third-order valence-corrected chi connectivity index (χ3v) is 3.18. The molecule has 0 spiro atoms. The Kier molecular flexibility index (Phi) is 4.74. The summed E-state index contributed by atoms with van der Waals surface area (Å²) in [4.78, 5) is 2.38. The van der Waals surface area contributed by atoms with Crippen molar-refractivity contribution in [3.63, 3.8) is 0 Å². The van der Waals surface area contributed by atoms with Crippen LogP contribution < -0.4 is 5.32 Å². The van der Waals surface area contributed by atoms with Crippen LogP contribution in [0.15, 0.2) is 0 Å². The fraction of sp³-hybridized carbons (Fsp3) is 1.00. The molecule has 13 heavy (non-hydrogen) atoms. The molecule has 0 aliphatic heterocycles. The van der Waals surface area contributed by atoms with Gasteiger partial charge in [-0.25, -0.2) is 0 Å². The lowest BCUT2D eigenvalue weighted by Crippen LogP contribution is -2.36. The number of rotatable bonds is 6. The van der Waals surface area contributed by atoms with Crippen molar-refractivity contribution in [2.75, 3.05) is 26.7 Å². The van der Waals surface area contributed by atoms with Gasteiger partial charge in [0.05, 0.1) is 0 Å². The molecule has 1 fully saturated rings. The molecule has 1 aliphatic carbocycles. The highest BCUT2D eigenvalue weighted by Crippen LogP contribution is 2.24. The number of nitrogens with zero attached hydrogens (tertiary/aromatic N) is 1. The minimum atomic E-state index is 0.672. The highest BCUT2D eigenvalue weighted by molar-refractivity contribution is 4.71. The number of hydrogen-bond acceptors (Lipinski definition) is 2. The minimum absolute atomic E-state index is 0.672. The third-order valence-electron chi connectivity index (χ3n) is 3.18. The van der Waals surface area contributed by atoms with Crippen molar-refractivity contribution in [3.05, 3.63) is 0 Å². The first-order valence-corrected chi connectivity index (χ1v) is 5.61. The second-order valence-electron chi connectivity index (χ2n) is 4.58. The maximum absolute atomic E-state index is 3.53. The van der Waals surface area contributed by atoms with Crippen molar-refractivity contribution in [3.8, 4) is 0 Å². The number of nitrogens with one attached hydrogen (secondary N) is 1. The van der Waals surface area contributed by atoms with Crippen LogP contribution in [0.25, 0.3) is 0 Å². The van der Waals surface area contributed by atoms with Crippen LogP contribution in [0.1, 0.15) is 33.1 Å². The zero-order valence-corrected chi connectivity index (χ0v) is 9.34. The molecule has 2 heteroatoms. The van der Waals surface area contributed by atoms with Gasteiger partial charge in [0.15, 0.2) is 0 Å². The van der Waals surface area contributed by atoms with Gasteiger partial charge in [0.25, 0.3) is 0 Å². The highest BCUT2D eigenvalue weighted by atomic mass is 15.1. The van der Waals surface area contributed by atoms with E-state index in [0.29, 0.717) is 6.04 Å². The first-order valence-electron chi connectivity index (χ1n) is 5.61. The second-order valence-corrected chi connectivity index (χ2v) is 4.58. The van der Waals surface area contributed by atoms with Gasteiger partial charge in [0.2, 0.25) is 0 Å². The van der Waals surface area contributed by atoms with E-state index in [2.05, 4.69) is 31.1 Å². The van der Waals surface area contributed by atoms with Crippen molar-refractivity contribution >= 4 is 0 Å². The van der Waals surface area contributed by atoms with Crippen LogP contribution in [0, 0.1) is 5.92 Å². The van der Waals surface area contributed by atoms with Crippen LogP contribution in [0.3, 0.4) is 0 Å². The molecule has 0 radical (unpaired) electrons. The molecule has 1 aliphatic rings. The predicted octanol–water partition coefficient (Wildman–Crippen LogP) is 1.72. The van der Waals surface area contributed by atoms with Gasteiger partial charge >= 0.3 is 0 Å². The first kappa shape index (κ1) is 11.0. The van der Waals surface area contributed by atoms with E-state index in [1.807, 2.05) is 0 Å². The van der Waals surface area contributed by atoms with Crippen LogP contribution in [0.5, 0.6) is 0 Å². The van der Waals surface area contributed by atoms with Crippen LogP contribution in [0.4, 0.5) is 0 Å². The van der Waals surface area contributed by atoms with E-state index in [1.54, 1.807) is 0 Å². The Balaban J connectivity index is 1.88. The molecule has 0 aromatic heterocycles. The Hall–Kier alpha value is -0.0800. The Morgan fingerprint density at radius 1 is 1.38 bits per heavy atom. The molecule has 2 nitrogen and oxygen atoms in total. The van der Waals surface area contributed by atoms with Gasteiger partial charge in [-0.2, -0.15) is 0 Å². The lowest BCUT2D eigenvalue weighted by molar-refractivity contribution is 0.258. The molecule has 0 unspecified atom stereocenters. The van der Waals surface area contributed by atoms with E-state index in [0.717, 1.165) is 12.5 Å². The Morgan fingerprint density at radius 2 is 2.08 bits per heavy atom. The van der Waals surface area contributed by atoms with Crippen LogP contribution in [-0.4, -0.2) is 37.6 Å². The van der Waals surface area contributed by atoms with E-state index >= 15 is 0 Å². The van der Waals surface area contributed by atoms with Crippen LogP contribution in [-0.2, 0) is 0 Å². The van der Waals surface area contributed by atoms with Crippen LogP contribution in [0.2, 0.25) is 0 Å². The normalized spacial score (nSPS) is 18.2. The zero-order valence-electron chi connectivity index (χ0n) is 9.34. The fourth-order valence-electron chi connectivity index (χ4n) is 1.52. The molecular weight excluding hydrogens is 160 g/mol. The summed E-state index contributed by atoms with van der Waals surface area (Å²) in [6.07, 6.45) is 4.36. The molecule has 1 rings (SSSR count). The molecule has 0 aromatic rings. The van der Waals surface area contributed by atoms with Gasteiger partial charge < -0.3 is 10.2 Å². The summed E-state index contributed by atoms with van der Waals surface area (Å²) >= 11 is 0. The van der Waals surface area contributed by atoms with Crippen molar-refractivity contribution in [2.24, 2.45) is 5.92 Å². The van der Waals surface area contributed by atoms with Crippen LogP contribution >= 0.6 is 0 Å². The molecule has 0 aromatic carbocycles. The molecule has 1 N–H and O–H groups in total.